The van der Waals surface area contributed by atoms with Gasteiger partial charge in [-0.15, -0.1) is 0 Å². The maximum atomic E-state index is 13.8. The van der Waals surface area contributed by atoms with Gasteiger partial charge in [0, 0.05) is 47.7 Å². The fourth-order valence-electron chi connectivity index (χ4n) is 6.31. The molecule has 1 unspecified atom stereocenters. The molecule has 3 amide bonds. The van der Waals surface area contributed by atoms with Crippen molar-refractivity contribution in [3.05, 3.63) is 35.5 Å². The minimum absolute atomic E-state index is 0.0212. The van der Waals surface area contributed by atoms with E-state index >= 15 is 0 Å². The summed E-state index contributed by atoms with van der Waals surface area (Å²) in [7, 11) is 0. The molecule has 5 rings (SSSR count). The molecular weight excluding hydrogens is 436 g/mol. The van der Waals surface area contributed by atoms with Gasteiger partial charge in [0.05, 0.1) is 6.04 Å². The summed E-state index contributed by atoms with van der Waals surface area (Å²) < 4.78 is 0. The summed E-state index contributed by atoms with van der Waals surface area (Å²) in [5.74, 6) is 1.56. The number of nitrogens with zero attached hydrogens (tertiary/aromatic N) is 2. The van der Waals surface area contributed by atoms with Crippen molar-refractivity contribution >= 4 is 22.8 Å². The molecule has 190 valence electrons. The first kappa shape index (κ1) is 24.2. The standard InChI is InChI=1S/C29H42N4O2/c1-5-32(28(35)31-29(2,3)4)18-19-10-12-21(13-11-19)27(34)33-17-16-23-22-8-6-7-9-24(22)30-25(23)26(33)20-14-15-20/h6-9,19-21,26,30H,5,10-18H2,1-4H3,(H,31,35). The first-order valence-electron chi connectivity index (χ1n) is 13.7. The van der Waals surface area contributed by atoms with Gasteiger partial charge in [-0.1, -0.05) is 18.2 Å². The number of benzene rings is 1. The Morgan fingerprint density at radius 2 is 1.80 bits per heavy atom. The molecule has 6 heteroatoms. The molecule has 0 radical (unpaired) electrons. The molecule has 0 bridgehead atoms. The van der Waals surface area contributed by atoms with E-state index in [2.05, 4.69) is 39.5 Å². The fraction of sp³-hybridized carbons (Fsp3) is 0.655. The lowest BCUT2D eigenvalue weighted by molar-refractivity contribution is -0.140. The van der Waals surface area contributed by atoms with Crippen LogP contribution >= 0.6 is 0 Å². The number of carbonyl (C=O) groups excluding carboxylic acids is 2. The van der Waals surface area contributed by atoms with Crippen molar-refractivity contribution in [3.63, 3.8) is 0 Å². The molecule has 2 aromatic rings. The number of urea groups is 1. The van der Waals surface area contributed by atoms with Gasteiger partial charge < -0.3 is 20.1 Å². The van der Waals surface area contributed by atoms with Crippen LogP contribution in [0.5, 0.6) is 0 Å². The van der Waals surface area contributed by atoms with Gasteiger partial charge in [-0.2, -0.15) is 0 Å². The summed E-state index contributed by atoms with van der Waals surface area (Å²) in [4.78, 5) is 34.3. The Morgan fingerprint density at radius 3 is 2.46 bits per heavy atom. The molecule has 0 spiro atoms. The van der Waals surface area contributed by atoms with E-state index in [-0.39, 0.29) is 23.5 Å². The van der Waals surface area contributed by atoms with Crippen LogP contribution in [0.25, 0.3) is 10.9 Å². The lowest BCUT2D eigenvalue weighted by Gasteiger charge is -2.40. The largest absolute Gasteiger partial charge is 0.356 e. The number of para-hydroxylation sites is 1. The van der Waals surface area contributed by atoms with Crippen LogP contribution in [0.3, 0.4) is 0 Å². The highest BCUT2D eigenvalue weighted by molar-refractivity contribution is 5.86. The van der Waals surface area contributed by atoms with Gasteiger partial charge in [0.25, 0.3) is 0 Å². The lowest BCUT2D eigenvalue weighted by Crippen LogP contribution is -2.50. The monoisotopic (exact) mass is 478 g/mol. The number of fused-ring (bicyclic) bond motifs is 3. The van der Waals surface area contributed by atoms with Crippen molar-refractivity contribution in [1.29, 1.82) is 0 Å². The average molecular weight is 479 g/mol. The third kappa shape index (κ3) is 5.07. The summed E-state index contributed by atoms with van der Waals surface area (Å²) in [6.07, 6.45) is 7.31. The maximum Gasteiger partial charge on any atom is 0.317 e. The average Bonchev–Trinajstić information content (AvgIpc) is 3.60. The molecule has 1 aromatic heterocycles. The number of hydrogen-bond donors (Lipinski definition) is 2. The van der Waals surface area contributed by atoms with Gasteiger partial charge >= 0.3 is 6.03 Å². The Hall–Kier alpha value is -2.50. The summed E-state index contributed by atoms with van der Waals surface area (Å²) >= 11 is 0. The third-order valence-corrected chi connectivity index (χ3v) is 8.26. The molecule has 6 nitrogen and oxygen atoms in total. The van der Waals surface area contributed by atoms with E-state index in [1.807, 2.05) is 32.6 Å². The van der Waals surface area contributed by atoms with Crippen molar-refractivity contribution in [2.45, 2.75) is 84.2 Å². The van der Waals surface area contributed by atoms with E-state index < -0.39 is 0 Å². The molecular formula is C29H42N4O2. The van der Waals surface area contributed by atoms with E-state index in [4.69, 9.17) is 0 Å². The second kappa shape index (κ2) is 9.51. The zero-order valence-electron chi connectivity index (χ0n) is 21.9. The van der Waals surface area contributed by atoms with Crippen molar-refractivity contribution in [3.8, 4) is 0 Å². The van der Waals surface area contributed by atoms with Crippen LogP contribution in [-0.2, 0) is 11.2 Å². The van der Waals surface area contributed by atoms with Crippen molar-refractivity contribution in [2.75, 3.05) is 19.6 Å². The smallest absolute Gasteiger partial charge is 0.317 e. The minimum atomic E-state index is -0.230. The predicted molar refractivity (Wildman–Crippen MR) is 140 cm³/mol. The van der Waals surface area contributed by atoms with Crippen molar-refractivity contribution < 1.29 is 9.59 Å². The highest BCUT2D eigenvalue weighted by Crippen LogP contribution is 2.49. The van der Waals surface area contributed by atoms with Gasteiger partial charge in [0.1, 0.15) is 0 Å². The Bertz CT molecular complexity index is 1070. The second-order valence-electron chi connectivity index (χ2n) is 12.1. The highest BCUT2D eigenvalue weighted by Gasteiger charge is 2.44. The number of carbonyl (C=O) groups is 2. The predicted octanol–water partition coefficient (Wildman–Crippen LogP) is 5.64. The summed E-state index contributed by atoms with van der Waals surface area (Å²) in [6.45, 7) is 10.4. The minimum Gasteiger partial charge on any atom is -0.356 e. The SMILES string of the molecule is CCN(CC1CCC(C(=O)N2CCc3c([nH]c4ccccc34)C2C2CC2)CC1)C(=O)NC(C)(C)C. The molecule has 35 heavy (non-hydrogen) atoms. The van der Waals surface area contributed by atoms with Crippen molar-refractivity contribution in [1.82, 2.24) is 20.1 Å². The Kier molecular flexibility index (Phi) is 6.58. The molecule has 2 saturated carbocycles. The van der Waals surface area contributed by atoms with Gasteiger partial charge in [-0.05, 0) is 96.1 Å². The van der Waals surface area contributed by atoms with Crippen LogP contribution < -0.4 is 5.32 Å². The van der Waals surface area contributed by atoms with Gasteiger partial charge in [-0.3, -0.25) is 4.79 Å². The number of H-pyrrole nitrogens is 1. The molecule has 2 aliphatic carbocycles. The van der Waals surface area contributed by atoms with Gasteiger partial charge in [0.15, 0.2) is 0 Å². The first-order valence-corrected chi connectivity index (χ1v) is 13.7. The molecule has 1 aromatic carbocycles. The van der Waals surface area contributed by atoms with Crippen LogP contribution in [0.1, 0.15) is 83.5 Å². The molecule has 1 atom stereocenters. The van der Waals surface area contributed by atoms with E-state index in [0.29, 0.717) is 24.3 Å². The molecule has 2 heterocycles. The number of hydrogen-bond acceptors (Lipinski definition) is 2. The highest BCUT2D eigenvalue weighted by atomic mass is 16.2. The fourth-order valence-corrected chi connectivity index (χ4v) is 6.31. The zero-order valence-corrected chi connectivity index (χ0v) is 21.9. The Balaban J connectivity index is 1.23. The van der Waals surface area contributed by atoms with Crippen LogP contribution in [0.15, 0.2) is 24.3 Å². The molecule has 1 aliphatic heterocycles. The normalized spacial score (nSPS) is 24.8. The maximum absolute atomic E-state index is 13.8. The van der Waals surface area contributed by atoms with E-state index in [0.717, 1.165) is 45.2 Å². The number of nitrogens with one attached hydrogen (secondary N) is 2. The Morgan fingerprint density at radius 1 is 1.09 bits per heavy atom. The molecule has 3 aliphatic rings. The lowest BCUT2D eigenvalue weighted by atomic mass is 9.80. The van der Waals surface area contributed by atoms with Gasteiger partial charge in [0.2, 0.25) is 5.91 Å². The van der Waals surface area contributed by atoms with Crippen molar-refractivity contribution in [2.24, 2.45) is 17.8 Å². The second-order valence-corrected chi connectivity index (χ2v) is 12.1. The summed E-state index contributed by atoms with van der Waals surface area (Å²) in [6, 6.07) is 8.82. The summed E-state index contributed by atoms with van der Waals surface area (Å²) in [5, 5.41) is 4.42. The van der Waals surface area contributed by atoms with Crippen LogP contribution in [0, 0.1) is 17.8 Å². The molecule has 2 N–H and O–H groups in total. The first-order chi connectivity index (χ1) is 16.7. The zero-order chi connectivity index (χ0) is 24.7. The van der Waals surface area contributed by atoms with E-state index in [1.54, 1.807) is 0 Å². The topological polar surface area (TPSA) is 68.4 Å². The number of rotatable bonds is 5. The van der Waals surface area contributed by atoms with E-state index in [9.17, 15) is 9.59 Å². The molecule has 0 saturated heterocycles. The van der Waals surface area contributed by atoms with Crippen LogP contribution in [0.4, 0.5) is 4.79 Å². The molecule has 2 fully saturated rings. The van der Waals surface area contributed by atoms with Gasteiger partial charge in [-0.25, -0.2) is 4.79 Å². The quantitative estimate of drug-likeness (QED) is 0.584. The summed E-state index contributed by atoms with van der Waals surface area (Å²) in [5.41, 5.74) is 3.70. The number of amides is 3. The number of aromatic amines is 1. The number of aromatic nitrogens is 1. The van der Waals surface area contributed by atoms with Crippen LogP contribution in [0.2, 0.25) is 0 Å². The van der Waals surface area contributed by atoms with Crippen LogP contribution in [-0.4, -0.2) is 51.9 Å². The van der Waals surface area contributed by atoms with E-state index in [1.165, 1.54) is 35.0 Å². The third-order valence-electron chi connectivity index (χ3n) is 8.26. The Labute approximate surface area is 209 Å².